The van der Waals surface area contributed by atoms with Gasteiger partial charge in [-0.3, -0.25) is 0 Å². The normalized spacial score (nSPS) is 10.8. The molecule has 0 aliphatic heterocycles. The van der Waals surface area contributed by atoms with E-state index in [1.54, 1.807) is 11.8 Å². The average molecular weight is 403 g/mol. The number of benzene rings is 3. The van der Waals surface area contributed by atoms with Gasteiger partial charge in [0.05, 0.1) is 0 Å². The molecule has 1 aromatic heterocycles. The molecule has 4 rings (SSSR count). The predicted octanol–water partition coefficient (Wildman–Crippen LogP) is 6.22. The minimum Gasteiger partial charge on any atom is -0.489 e. The minimum absolute atomic E-state index is 0.440. The highest BCUT2D eigenvalue weighted by atomic mass is 32.2. The zero-order valence-corrected chi connectivity index (χ0v) is 17.3. The lowest BCUT2D eigenvalue weighted by Gasteiger charge is -2.10. The number of rotatable bonds is 7. The van der Waals surface area contributed by atoms with Crippen molar-refractivity contribution in [3.05, 3.63) is 95.1 Å². The third-order valence-corrected chi connectivity index (χ3v) is 5.47. The Balaban J connectivity index is 1.47. The van der Waals surface area contributed by atoms with E-state index in [0.717, 1.165) is 28.2 Å². The van der Waals surface area contributed by atoms with Crippen LogP contribution in [0.1, 0.15) is 22.3 Å². The number of aryl methyl sites for hydroxylation is 2. The topological polar surface area (TPSA) is 48.2 Å². The molecular formula is C24H22N2O2S. The van der Waals surface area contributed by atoms with Crippen LogP contribution < -0.4 is 4.74 Å². The summed E-state index contributed by atoms with van der Waals surface area (Å²) >= 11 is 1.54. The fourth-order valence-electron chi connectivity index (χ4n) is 3.05. The molecule has 5 heteroatoms. The summed E-state index contributed by atoms with van der Waals surface area (Å²) in [5.74, 6) is 2.18. The van der Waals surface area contributed by atoms with Gasteiger partial charge in [-0.25, -0.2) is 0 Å². The number of hydrogen-bond acceptors (Lipinski definition) is 5. The Labute approximate surface area is 175 Å². The van der Waals surface area contributed by atoms with Gasteiger partial charge < -0.3 is 9.15 Å². The molecule has 4 aromatic rings. The van der Waals surface area contributed by atoms with E-state index in [0.29, 0.717) is 17.7 Å². The lowest BCUT2D eigenvalue weighted by Crippen LogP contribution is -1.99. The first-order chi connectivity index (χ1) is 14.2. The molecule has 3 aromatic carbocycles. The Morgan fingerprint density at radius 2 is 1.72 bits per heavy atom. The van der Waals surface area contributed by atoms with Crippen LogP contribution in [0.4, 0.5) is 0 Å². The fourth-order valence-corrected chi connectivity index (χ4v) is 3.76. The summed E-state index contributed by atoms with van der Waals surface area (Å²) in [6.07, 6.45) is 0. The van der Waals surface area contributed by atoms with Gasteiger partial charge in [0.2, 0.25) is 5.89 Å². The van der Waals surface area contributed by atoms with Crippen LogP contribution in [0.5, 0.6) is 5.75 Å². The quantitative estimate of drug-likeness (QED) is 0.343. The Hall–Kier alpha value is -3.05. The molecule has 1 heterocycles. The SMILES string of the molecule is Cc1cccc(CSc2nnc(-c3ccccc3COc3ccccc3C)o2)c1. The highest BCUT2D eigenvalue weighted by Crippen LogP contribution is 2.29. The first kappa shape index (κ1) is 19.3. The summed E-state index contributed by atoms with van der Waals surface area (Å²) in [7, 11) is 0. The van der Waals surface area contributed by atoms with E-state index in [1.165, 1.54) is 11.1 Å². The van der Waals surface area contributed by atoms with Gasteiger partial charge in [0.15, 0.2) is 0 Å². The third-order valence-electron chi connectivity index (χ3n) is 4.58. The van der Waals surface area contributed by atoms with Crippen LogP contribution in [-0.2, 0) is 12.4 Å². The predicted molar refractivity (Wildman–Crippen MR) is 116 cm³/mol. The van der Waals surface area contributed by atoms with Crippen molar-refractivity contribution in [1.29, 1.82) is 0 Å². The van der Waals surface area contributed by atoms with Crippen LogP contribution in [0.25, 0.3) is 11.5 Å². The summed E-state index contributed by atoms with van der Waals surface area (Å²) in [5.41, 5.74) is 5.50. The van der Waals surface area contributed by atoms with Gasteiger partial charge in [0.25, 0.3) is 5.22 Å². The maximum atomic E-state index is 6.01. The van der Waals surface area contributed by atoms with E-state index in [4.69, 9.17) is 9.15 Å². The Kier molecular flexibility index (Phi) is 5.96. The van der Waals surface area contributed by atoms with Gasteiger partial charge in [-0.2, -0.15) is 0 Å². The summed E-state index contributed by atoms with van der Waals surface area (Å²) in [6, 6.07) is 24.4. The van der Waals surface area contributed by atoms with E-state index < -0.39 is 0 Å². The Morgan fingerprint density at radius 3 is 2.59 bits per heavy atom. The van der Waals surface area contributed by atoms with Crippen LogP contribution in [0.2, 0.25) is 0 Å². The van der Waals surface area contributed by atoms with Gasteiger partial charge in [0, 0.05) is 16.9 Å². The molecular weight excluding hydrogens is 380 g/mol. The summed E-state index contributed by atoms with van der Waals surface area (Å²) in [6.45, 7) is 4.57. The lowest BCUT2D eigenvalue weighted by atomic mass is 10.1. The van der Waals surface area contributed by atoms with Crippen LogP contribution in [0, 0.1) is 13.8 Å². The van der Waals surface area contributed by atoms with Crippen molar-refractivity contribution in [2.24, 2.45) is 0 Å². The number of aromatic nitrogens is 2. The van der Waals surface area contributed by atoms with Crippen molar-refractivity contribution in [3.63, 3.8) is 0 Å². The monoisotopic (exact) mass is 402 g/mol. The van der Waals surface area contributed by atoms with Gasteiger partial charge in [-0.15, -0.1) is 10.2 Å². The second-order valence-corrected chi connectivity index (χ2v) is 7.79. The molecule has 4 nitrogen and oxygen atoms in total. The third kappa shape index (κ3) is 4.87. The Bertz CT molecular complexity index is 1110. The number of para-hydroxylation sites is 1. The molecule has 29 heavy (non-hydrogen) atoms. The number of ether oxygens (including phenoxy) is 1. The second kappa shape index (κ2) is 8.97. The van der Waals surface area contributed by atoms with Crippen molar-refractivity contribution in [2.45, 2.75) is 31.4 Å². The summed E-state index contributed by atoms with van der Waals surface area (Å²) in [5, 5.41) is 9.03. The lowest BCUT2D eigenvalue weighted by molar-refractivity contribution is 0.304. The van der Waals surface area contributed by atoms with Crippen molar-refractivity contribution in [2.75, 3.05) is 0 Å². The maximum Gasteiger partial charge on any atom is 0.277 e. The van der Waals surface area contributed by atoms with E-state index in [1.807, 2.05) is 55.5 Å². The maximum absolute atomic E-state index is 6.01. The van der Waals surface area contributed by atoms with E-state index >= 15 is 0 Å². The van der Waals surface area contributed by atoms with Crippen LogP contribution in [0.15, 0.2) is 82.4 Å². The summed E-state index contributed by atoms with van der Waals surface area (Å²) < 4.78 is 11.9. The van der Waals surface area contributed by atoms with Crippen molar-refractivity contribution < 1.29 is 9.15 Å². The zero-order chi connectivity index (χ0) is 20.1. The van der Waals surface area contributed by atoms with Gasteiger partial charge in [0.1, 0.15) is 12.4 Å². The van der Waals surface area contributed by atoms with Gasteiger partial charge in [-0.05, 0) is 37.1 Å². The van der Waals surface area contributed by atoms with Crippen LogP contribution in [-0.4, -0.2) is 10.2 Å². The molecule has 0 spiro atoms. The van der Waals surface area contributed by atoms with Crippen LogP contribution in [0.3, 0.4) is 0 Å². The van der Waals surface area contributed by atoms with Crippen LogP contribution >= 0.6 is 11.8 Å². The smallest absolute Gasteiger partial charge is 0.277 e. The van der Waals surface area contributed by atoms with Gasteiger partial charge in [-0.1, -0.05) is 78.0 Å². The standard InChI is InChI=1S/C24H22N2O2S/c1-17-8-7-10-19(14-17)16-29-24-26-25-23(28-24)21-12-5-4-11-20(21)15-27-22-13-6-3-9-18(22)2/h3-14H,15-16H2,1-2H3. The highest BCUT2D eigenvalue weighted by Gasteiger charge is 2.14. The molecule has 0 fully saturated rings. The summed E-state index contributed by atoms with van der Waals surface area (Å²) in [4.78, 5) is 0. The van der Waals surface area contributed by atoms with E-state index in [-0.39, 0.29) is 0 Å². The zero-order valence-electron chi connectivity index (χ0n) is 16.5. The van der Waals surface area contributed by atoms with Gasteiger partial charge >= 0.3 is 0 Å². The minimum atomic E-state index is 0.440. The average Bonchev–Trinajstić information content (AvgIpc) is 3.21. The molecule has 0 N–H and O–H groups in total. The van der Waals surface area contributed by atoms with E-state index in [2.05, 4.69) is 41.4 Å². The molecule has 0 saturated carbocycles. The number of thioether (sulfide) groups is 1. The molecule has 0 bridgehead atoms. The van der Waals surface area contributed by atoms with Crippen molar-refractivity contribution in [1.82, 2.24) is 10.2 Å². The van der Waals surface area contributed by atoms with E-state index in [9.17, 15) is 0 Å². The largest absolute Gasteiger partial charge is 0.489 e. The highest BCUT2D eigenvalue weighted by molar-refractivity contribution is 7.98. The van der Waals surface area contributed by atoms with Crippen molar-refractivity contribution in [3.8, 4) is 17.2 Å². The van der Waals surface area contributed by atoms with Crippen molar-refractivity contribution >= 4 is 11.8 Å². The molecule has 0 atom stereocenters. The Morgan fingerprint density at radius 1 is 0.897 bits per heavy atom. The molecule has 0 amide bonds. The molecule has 0 aliphatic carbocycles. The molecule has 0 radical (unpaired) electrons. The molecule has 0 unspecified atom stereocenters. The first-order valence-corrected chi connectivity index (χ1v) is 10.5. The number of hydrogen-bond donors (Lipinski definition) is 0. The second-order valence-electron chi connectivity index (χ2n) is 6.86. The fraction of sp³-hybridized carbons (Fsp3) is 0.167. The molecule has 0 saturated heterocycles. The first-order valence-electron chi connectivity index (χ1n) is 9.47. The number of nitrogens with zero attached hydrogens (tertiary/aromatic N) is 2. The molecule has 146 valence electrons. The molecule has 0 aliphatic rings.